The zero-order valence-corrected chi connectivity index (χ0v) is 15.5. The number of benzene rings is 2. The van der Waals surface area contributed by atoms with Crippen LogP contribution in [-0.2, 0) is 13.0 Å². The van der Waals surface area contributed by atoms with E-state index in [4.69, 9.17) is 0 Å². The Bertz CT molecular complexity index is 896. The molecule has 0 aliphatic carbocycles. The lowest BCUT2D eigenvalue weighted by Crippen LogP contribution is -3.00. The van der Waals surface area contributed by atoms with Crippen LogP contribution in [0.4, 0.5) is 5.69 Å². The van der Waals surface area contributed by atoms with Gasteiger partial charge in [0.2, 0.25) is 12.3 Å². The van der Waals surface area contributed by atoms with E-state index in [0.29, 0.717) is 5.56 Å². The average Bonchev–Trinajstić information content (AvgIpc) is 2.64. The third-order valence-corrected chi connectivity index (χ3v) is 3.92. The normalized spacial score (nSPS) is 10.0. The highest BCUT2D eigenvalue weighted by molar-refractivity contribution is 5.95. The topological polar surface area (TPSA) is 64.1 Å². The first-order valence-electron chi connectivity index (χ1n) is 7.91. The summed E-state index contributed by atoms with van der Waals surface area (Å²) < 4.78 is 1.77. The molecule has 0 radical (unpaired) electrons. The first kappa shape index (κ1) is 19.5. The summed E-state index contributed by atoms with van der Waals surface area (Å²) in [5, 5.41) is 10.8. The number of rotatable bonds is 6. The van der Waals surface area contributed by atoms with Crippen molar-refractivity contribution in [3.63, 3.8) is 0 Å². The summed E-state index contributed by atoms with van der Waals surface area (Å²) in [7, 11) is 0. The fraction of sp³-hybridized carbons (Fsp3) is 0.100. The number of nitrogens with zero attached hydrogens (tertiary/aromatic N) is 2. The molecule has 2 aromatic carbocycles. The molecule has 6 heteroatoms. The van der Waals surface area contributed by atoms with Crippen molar-refractivity contribution < 1.29 is 31.3 Å². The van der Waals surface area contributed by atoms with E-state index in [9.17, 15) is 14.9 Å². The van der Waals surface area contributed by atoms with Gasteiger partial charge in [0.15, 0.2) is 12.4 Å². The van der Waals surface area contributed by atoms with Gasteiger partial charge in [-0.05, 0) is 17.5 Å². The standard InChI is InChI=1S/C20H17N2O3.BrH/c23-20(18-7-4-8-19(14-18)22(24)25)15-21-11-9-17(10-12-21)13-16-5-2-1-3-6-16;/h1-12,14H,13,15H2;1H/q+1;/p-1. The Kier molecular flexibility index (Phi) is 6.74. The molecule has 26 heavy (non-hydrogen) atoms. The number of carbonyl (C=O) groups is 1. The number of aromatic nitrogens is 1. The van der Waals surface area contributed by atoms with Crippen molar-refractivity contribution in [3.8, 4) is 0 Å². The van der Waals surface area contributed by atoms with E-state index >= 15 is 0 Å². The molecule has 0 unspecified atom stereocenters. The van der Waals surface area contributed by atoms with Crippen LogP contribution >= 0.6 is 0 Å². The molecule has 0 saturated carbocycles. The molecule has 5 nitrogen and oxygen atoms in total. The molecule has 0 N–H and O–H groups in total. The summed E-state index contributed by atoms with van der Waals surface area (Å²) in [5.41, 5.74) is 2.65. The molecular weight excluding hydrogens is 396 g/mol. The summed E-state index contributed by atoms with van der Waals surface area (Å²) >= 11 is 0. The zero-order chi connectivity index (χ0) is 17.6. The quantitative estimate of drug-likeness (QED) is 0.254. The SMILES string of the molecule is O=C(C[n+]1ccc(Cc2ccccc2)cc1)c1cccc([N+](=O)[O-])c1.[Br-]. The van der Waals surface area contributed by atoms with Crippen LogP contribution in [0.25, 0.3) is 0 Å². The maximum atomic E-state index is 12.3. The molecule has 0 bridgehead atoms. The van der Waals surface area contributed by atoms with Crippen LogP contribution in [0.2, 0.25) is 0 Å². The van der Waals surface area contributed by atoms with E-state index < -0.39 is 4.92 Å². The highest BCUT2D eigenvalue weighted by atomic mass is 79.9. The number of pyridine rings is 1. The van der Waals surface area contributed by atoms with Crippen LogP contribution in [0.3, 0.4) is 0 Å². The lowest BCUT2D eigenvalue weighted by molar-refractivity contribution is -0.683. The molecule has 132 valence electrons. The fourth-order valence-corrected chi connectivity index (χ4v) is 2.59. The van der Waals surface area contributed by atoms with Gasteiger partial charge in [-0.25, -0.2) is 0 Å². The molecule has 0 fully saturated rings. The number of carbonyl (C=O) groups excluding carboxylic acids is 1. The van der Waals surface area contributed by atoms with Crippen molar-refractivity contribution in [1.82, 2.24) is 0 Å². The summed E-state index contributed by atoms with van der Waals surface area (Å²) in [6.07, 6.45) is 4.54. The van der Waals surface area contributed by atoms with E-state index in [1.54, 1.807) is 10.6 Å². The number of hydrogen-bond acceptors (Lipinski definition) is 3. The van der Waals surface area contributed by atoms with Gasteiger partial charge in [0.25, 0.3) is 5.69 Å². The Balaban J connectivity index is 0.00000243. The molecule has 0 spiro atoms. The van der Waals surface area contributed by atoms with E-state index in [0.717, 1.165) is 12.0 Å². The van der Waals surface area contributed by atoms with Crippen molar-refractivity contribution >= 4 is 11.5 Å². The van der Waals surface area contributed by atoms with Crippen molar-refractivity contribution in [2.45, 2.75) is 13.0 Å². The van der Waals surface area contributed by atoms with Crippen molar-refractivity contribution in [2.24, 2.45) is 0 Å². The van der Waals surface area contributed by atoms with Gasteiger partial charge in [0, 0.05) is 29.8 Å². The predicted octanol–water partition coefficient (Wildman–Crippen LogP) is 0.360. The first-order chi connectivity index (χ1) is 12.1. The van der Waals surface area contributed by atoms with Gasteiger partial charge >= 0.3 is 0 Å². The molecule has 0 atom stereocenters. The van der Waals surface area contributed by atoms with Crippen LogP contribution in [0.15, 0.2) is 79.1 Å². The summed E-state index contributed by atoms with van der Waals surface area (Å²) in [6, 6.07) is 19.9. The van der Waals surface area contributed by atoms with Crippen LogP contribution in [0.1, 0.15) is 21.5 Å². The van der Waals surface area contributed by atoms with Gasteiger partial charge in [0.1, 0.15) is 0 Å². The number of non-ortho nitro benzene ring substituents is 1. The Morgan fingerprint density at radius 1 is 0.923 bits per heavy atom. The van der Waals surface area contributed by atoms with Crippen molar-refractivity contribution in [2.75, 3.05) is 0 Å². The number of Topliss-reactive ketones (excluding diaryl/α,β-unsaturated/α-hetero) is 1. The highest BCUT2D eigenvalue weighted by Gasteiger charge is 2.15. The molecule has 0 aliphatic rings. The molecular formula is C20H17BrN2O3. The minimum atomic E-state index is -0.498. The van der Waals surface area contributed by atoms with E-state index in [1.165, 1.54) is 23.8 Å². The largest absolute Gasteiger partial charge is 1.00 e. The highest BCUT2D eigenvalue weighted by Crippen LogP contribution is 2.13. The van der Waals surface area contributed by atoms with Gasteiger partial charge in [-0.2, -0.15) is 4.57 Å². The average molecular weight is 413 g/mol. The summed E-state index contributed by atoms with van der Waals surface area (Å²) in [6.45, 7) is 0.146. The van der Waals surface area contributed by atoms with Crippen molar-refractivity contribution in [1.29, 1.82) is 0 Å². The number of nitro groups is 1. The molecule has 1 aromatic heterocycles. The first-order valence-corrected chi connectivity index (χ1v) is 7.91. The van der Waals surface area contributed by atoms with E-state index in [-0.39, 0.29) is 35.0 Å². The van der Waals surface area contributed by atoms with E-state index in [1.807, 2.05) is 42.7 Å². The molecule has 1 heterocycles. The van der Waals surface area contributed by atoms with Gasteiger partial charge in [-0.1, -0.05) is 42.5 Å². The van der Waals surface area contributed by atoms with Gasteiger partial charge in [-0.15, -0.1) is 0 Å². The second-order valence-corrected chi connectivity index (χ2v) is 5.77. The lowest BCUT2D eigenvalue weighted by Gasteiger charge is -2.02. The zero-order valence-electron chi connectivity index (χ0n) is 13.9. The lowest BCUT2D eigenvalue weighted by atomic mass is 10.1. The minimum absolute atomic E-state index is 0. The predicted molar refractivity (Wildman–Crippen MR) is 93.3 cm³/mol. The maximum absolute atomic E-state index is 12.3. The third-order valence-electron chi connectivity index (χ3n) is 3.92. The van der Waals surface area contributed by atoms with Crippen LogP contribution in [0, 0.1) is 10.1 Å². The Morgan fingerprint density at radius 3 is 2.23 bits per heavy atom. The Hall–Kier alpha value is -2.86. The number of hydrogen-bond donors (Lipinski definition) is 0. The number of ketones is 1. The molecule has 3 aromatic rings. The van der Waals surface area contributed by atoms with Gasteiger partial charge in [0.05, 0.1) is 4.92 Å². The minimum Gasteiger partial charge on any atom is -1.00 e. The van der Waals surface area contributed by atoms with Crippen LogP contribution in [-0.4, -0.2) is 10.7 Å². The summed E-state index contributed by atoms with van der Waals surface area (Å²) in [4.78, 5) is 22.6. The maximum Gasteiger partial charge on any atom is 0.270 e. The Labute approximate surface area is 161 Å². The molecule has 0 amide bonds. The molecule has 0 aliphatic heterocycles. The number of halogens is 1. The van der Waals surface area contributed by atoms with Gasteiger partial charge in [-0.3, -0.25) is 14.9 Å². The fourth-order valence-electron chi connectivity index (χ4n) is 2.59. The molecule has 0 saturated heterocycles. The second-order valence-electron chi connectivity index (χ2n) is 5.77. The smallest absolute Gasteiger partial charge is 0.270 e. The second kappa shape index (κ2) is 9.01. The van der Waals surface area contributed by atoms with Gasteiger partial charge < -0.3 is 17.0 Å². The van der Waals surface area contributed by atoms with Crippen LogP contribution < -0.4 is 21.5 Å². The van der Waals surface area contributed by atoms with Crippen molar-refractivity contribution in [3.05, 3.63) is 106 Å². The van der Waals surface area contributed by atoms with Crippen LogP contribution in [0.5, 0.6) is 0 Å². The number of nitro benzene ring substituents is 1. The monoisotopic (exact) mass is 412 g/mol. The summed E-state index contributed by atoms with van der Waals surface area (Å²) in [5.74, 6) is -0.162. The molecule has 3 rings (SSSR count). The third kappa shape index (κ3) is 5.07. The van der Waals surface area contributed by atoms with E-state index in [2.05, 4.69) is 12.1 Å². The Morgan fingerprint density at radius 2 is 1.58 bits per heavy atom.